The highest BCUT2D eigenvalue weighted by atomic mass is 15.3. The first-order chi connectivity index (χ1) is 11.8. The van der Waals surface area contributed by atoms with E-state index in [9.17, 15) is 0 Å². The van der Waals surface area contributed by atoms with Crippen LogP contribution < -0.4 is 5.73 Å². The van der Waals surface area contributed by atoms with E-state index in [0.29, 0.717) is 6.42 Å². The second-order valence-electron chi connectivity index (χ2n) is 5.68. The molecular weight excluding hydrogens is 298 g/mol. The van der Waals surface area contributed by atoms with Gasteiger partial charge in [-0.15, -0.1) is 0 Å². The number of pyridine rings is 2. The molecule has 0 aliphatic rings. The Hall–Kier alpha value is -3.05. The Morgan fingerprint density at radius 1 is 0.958 bits per heavy atom. The number of hydrogen-bond acceptors (Lipinski definition) is 4. The van der Waals surface area contributed by atoms with Crippen LogP contribution >= 0.6 is 0 Å². The molecule has 0 aliphatic carbocycles. The molecule has 1 atom stereocenters. The predicted molar refractivity (Wildman–Crippen MR) is 93.7 cm³/mol. The molecule has 1 aromatic carbocycles. The molecule has 0 fully saturated rings. The minimum atomic E-state index is -0.155. The molecule has 5 nitrogen and oxygen atoms in total. The first kappa shape index (κ1) is 14.5. The SMILES string of the molecule is N[C@@H](Cc1ccccn1)c1ccccc1-n1ncc2cnccc21. The van der Waals surface area contributed by atoms with Crippen molar-refractivity contribution in [2.45, 2.75) is 12.5 Å². The zero-order chi connectivity index (χ0) is 16.4. The van der Waals surface area contributed by atoms with Crippen molar-refractivity contribution in [1.82, 2.24) is 19.7 Å². The van der Waals surface area contributed by atoms with E-state index in [1.807, 2.05) is 59.5 Å². The zero-order valence-electron chi connectivity index (χ0n) is 13.1. The molecule has 0 unspecified atom stereocenters. The van der Waals surface area contributed by atoms with Crippen LogP contribution in [0.15, 0.2) is 73.3 Å². The zero-order valence-corrected chi connectivity index (χ0v) is 13.1. The standard InChI is InChI=1S/C19H17N5/c20-17(11-15-5-3-4-9-22-15)16-6-1-2-7-19(16)24-18-8-10-21-12-14(18)13-23-24/h1-10,12-13,17H,11,20H2/t17-/m0/s1. The van der Waals surface area contributed by atoms with Crippen LogP contribution in [0.25, 0.3) is 16.6 Å². The van der Waals surface area contributed by atoms with Gasteiger partial charge in [-0.05, 0) is 29.8 Å². The van der Waals surface area contributed by atoms with E-state index in [1.165, 1.54) is 0 Å². The summed E-state index contributed by atoms with van der Waals surface area (Å²) in [6.07, 6.45) is 7.89. The predicted octanol–water partition coefficient (Wildman–Crippen LogP) is 3.06. The monoisotopic (exact) mass is 315 g/mol. The fourth-order valence-corrected chi connectivity index (χ4v) is 2.91. The fraction of sp³-hybridized carbons (Fsp3) is 0.105. The summed E-state index contributed by atoms with van der Waals surface area (Å²) in [5, 5.41) is 5.53. The second-order valence-corrected chi connectivity index (χ2v) is 5.68. The van der Waals surface area contributed by atoms with Gasteiger partial charge in [0.1, 0.15) is 0 Å². The maximum Gasteiger partial charge on any atom is 0.0772 e. The van der Waals surface area contributed by atoms with Gasteiger partial charge >= 0.3 is 0 Å². The van der Waals surface area contributed by atoms with Gasteiger partial charge in [-0.2, -0.15) is 5.10 Å². The third-order valence-electron chi connectivity index (χ3n) is 4.09. The van der Waals surface area contributed by atoms with Crippen molar-refractivity contribution in [3.63, 3.8) is 0 Å². The van der Waals surface area contributed by atoms with Crippen molar-refractivity contribution in [1.29, 1.82) is 0 Å². The molecule has 4 aromatic rings. The lowest BCUT2D eigenvalue weighted by Crippen LogP contribution is -2.17. The van der Waals surface area contributed by atoms with Gasteiger partial charge in [-0.25, -0.2) is 4.68 Å². The molecule has 0 spiro atoms. The van der Waals surface area contributed by atoms with Crippen molar-refractivity contribution >= 4 is 10.9 Å². The van der Waals surface area contributed by atoms with Crippen LogP contribution in [0, 0.1) is 0 Å². The minimum absolute atomic E-state index is 0.155. The molecular formula is C19H17N5. The summed E-state index contributed by atoms with van der Waals surface area (Å²) in [5.41, 5.74) is 10.5. The highest BCUT2D eigenvalue weighted by molar-refractivity contribution is 5.79. The van der Waals surface area contributed by atoms with Gasteiger partial charge in [-0.3, -0.25) is 9.97 Å². The number of aromatic nitrogens is 4. The smallest absolute Gasteiger partial charge is 0.0772 e. The lowest BCUT2D eigenvalue weighted by molar-refractivity contribution is 0.696. The van der Waals surface area contributed by atoms with E-state index in [2.05, 4.69) is 21.1 Å². The number of benzene rings is 1. The van der Waals surface area contributed by atoms with Gasteiger partial charge in [0.15, 0.2) is 0 Å². The lowest BCUT2D eigenvalue weighted by atomic mass is 10.0. The van der Waals surface area contributed by atoms with Gasteiger partial charge in [0.2, 0.25) is 0 Å². The van der Waals surface area contributed by atoms with Crippen LogP contribution in [0.3, 0.4) is 0 Å². The van der Waals surface area contributed by atoms with Crippen LogP contribution in [0.2, 0.25) is 0 Å². The normalized spacial score (nSPS) is 12.4. The summed E-state index contributed by atoms with van der Waals surface area (Å²) >= 11 is 0. The molecule has 0 saturated carbocycles. The second kappa shape index (κ2) is 6.22. The van der Waals surface area contributed by atoms with Crippen LogP contribution in [-0.2, 0) is 6.42 Å². The summed E-state index contributed by atoms with van der Waals surface area (Å²) in [6, 6.07) is 15.8. The number of rotatable bonds is 4. The molecule has 3 heterocycles. The maximum atomic E-state index is 6.48. The fourth-order valence-electron chi connectivity index (χ4n) is 2.91. The number of hydrogen-bond donors (Lipinski definition) is 1. The van der Waals surface area contributed by atoms with Crippen molar-refractivity contribution in [2.75, 3.05) is 0 Å². The van der Waals surface area contributed by atoms with Gasteiger partial charge in [-0.1, -0.05) is 24.3 Å². The molecule has 0 radical (unpaired) electrons. The van der Waals surface area contributed by atoms with E-state index in [0.717, 1.165) is 27.8 Å². The third-order valence-corrected chi connectivity index (χ3v) is 4.09. The Morgan fingerprint density at radius 3 is 2.71 bits per heavy atom. The highest BCUT2D eigenvalue weighted by Gasteiger charge is 2.15. The Balaban J connectivity index is 1.75. The van der Waals surface area contributed by atoms with E-state index in [1.54, 1.807) is 12.4 Å². The molecule has 2 N–H and O–H groups in total. The van der Waals surface area contributed by atoms with Crippen LogP contribution in [-0.4, -0.2) is 19.7 Å². The average Bonchev–Trinajstić information content (AvgIpc) is 3.06. The Kier molecular flexibility index (Phi) is 3.76. The summed E-state index contributed by atoms with van der Waals surface area (Å²) in [4.78, 5) is 8.52. The average molecular weight is 315 g/mol. The van der Waals surface area contributed by atoms with E-state index >= 15 is 0 Å². The van der Waals surface area contributed by atoms with Gasteiger partial charge in [0, 0.05) is 42.1 Å². The summed E-state index contributed by atoms with van der Waals surface area (Å²) in [5.74, 6) is 0. The van der Waals surface area contributed by atoms with Crippen LogP contribution in [0.1, 0.15) is 17.3 Å². The van der Waals surface area contributed by atoms with Crippen LogP contribution in [0.5, 0.6) is 0 Å². The van der Waals surface area contributed by atoms with E-state index in [4.69, 9.17) is 5.73 Å². The first-order valence-electron chi connectivity index (χ1n) is 7.85. The topological polar surface area (TPSA) is 69.6 Å². The number of nitrogens with two attached hydrogens (primary N) is 1. The lowest BCUT2D eigenvalue weighted by Gasteiger charge is -2.16. The number of para-hydroxylation sites is 1. The number of fused-ring (bicyclic) bond motifs is 1. The Bertz CT molecular complexity index is 962. The molecule has 3 aromatic heterocycles. The first-order valence-corrected chi connectivity index (χ1v) is 7.85. The molecule has 0 bridgehead atoms. The highest BCUT2D eigenvalue weighted by Crippen LogP contribution is 2.25. The van der Waals surface area contributed by atoms with Crippen LogP contribution in [0.4, 0.5) is 0 Å². The maximum absolute atomic E-state index is 6.48. The van der Waals surface area contributed by atoms with Crippen molar-refractivity contribution in [2.24, 2.45) is 5.73 Å². The van der Waals surface area contributed by atoms with Gasteiger partial charge in [0.05, 0.1) is 17.4 Å². The largest absolute Gasteiger partial charge is 0.324 e. The van der Waals surface area contributed by atoms with Gasteiger partial charge in [0.25, 0.3) is 0 Å². The van der Waals surface area contributed by atoms with Crippen molar-refractivity contribution in [3.05, 3.63) is 84.6 Å². The number of nitrogens with zero attached hydrogens (tertiary/aromatic N) is 4. The Morgan fingerprint density at radius 2 is 1.83 bits per heavy atom. The van der Waals surface area contributed by atoms with Crippen molar-refractivity contribution in [3.8, 4) is 5.69 Å². The molecule has 118 valence electrons. The summed E-state index contributed by atoms with van der Waals surface area (Å²) < 4.78 is 1.92. The summed E-state index contributed by atoms with van der Waals surface area (Å²) in [6.45, 7) is 0. The molecule has 5 heteroatoms. The molecule has 24 heavy (non-hydrogen) atoms. The van der Waals surface area contributed by atoms with Crippen molar-refractivity contribution < 1.29 is 0 Å². The Labute approximate surface area is 139 Å². The minimum Gasteiger partial charge on any atom is -0.324 e. The third kappa shape index (κ3) is 2.66. The molecule has 0 saturated heterocycles. The molecule has 0 aliphatic heterocycles. The van der Waals surface area contributed by atoms with E-state index < -0.39 is 0 Å². The quantitative estimate of drug-likeness (QED) is 0.628. The van der Waals surface area contributed by atoms with Gasteiger partial charge < -0.3 is 5.73 Å². The summed E-state index contributed by atoms with van der Waals surface area (Å²) in [7, 11) is 0. The van der Waals surface area contributed by atoms with E-state index in [-0.39, 0.29) is 6.04 Å². The molecule has 4 rings (SSSR count). The molecule has 0 amide bonds.